The molecule has 0 fully saturated rings. The van der Waals surface area contributed by atoms with Gasteiger partial charge in [0, 0.05) is 18.6 Å². The molecule has 7 nitrogen and oxygen atoms in total. The van der Waals surface area contributed by atoms with Crippen molar-refractivity contribution in [2.45, 2.75) is 6.54 Å². The lowest BCUT2D eigenvalue weighted by Gasteiger charge is -2.05. The molecule has 24 heavy (non-hydrogen) atoms. The first-order valence-electron chi connectivity index (χ1n) is 7.26. The average Bonchev–Trinajstić information content (AvgIpc) is 3.18. The highest BCUT2D eigenvalue weighted by Gasteiger charge is 2.15. The number of nitrogens with zero attached hydrogens (tertiary/aromatic N) is 6. The smallest absolute Gasteiger partial charge is 0.234 e. The minimum absolute atomic E-state index is 0.524. The van der Waals surface area contributed by atoms with Crippen molar-refractivity contribution < 1.29 is 4.74 Å². The molecule has 8 heteroatoms. The van der Waals surface area contributed by atoms with Gasteiger partial charge in [-0.2, -0.15) is 4.98 Å². The maximum absolute atomic E-state index is 5.19. The Labute approximate surface area is 146 Å². The molecule has 0 N–H and O–H groups in total. The summed E-state index contributed by atoms with van der Waals surface area (Å²) in [6.45, 7) is 0.583. The highest BCUT2D eigenvalue weighted by atomic mass is 79.9. The predicted octanol–water partition coefficient (Wildman–Crippen LogP) is 2.81. The third-order valence-electron chi connectivity index (χ3n) is 3.60. The molecule has 0 amide bonds. The van der Waals surface area contributed by atoms with E-state index >= 15 is 0 Å². The summed E-state index contributed by atoms with van der Waals surface area (Å²) in [6, 6.07) is 9.72. The fraction of sp³-hybridized carbons (Fsp3) is 0.125. The first-order chi connectivity index (χ1) is 11.7. The van der Waals surface area contributed by atoms with Crippen LogP contribution in [0.4, 0.5) is 0 Å². The van der Waals surface area contributed by atoms with Crippen LogP contribution in [0.5, 0.6) is 5.75 Å². The molecular formula is C16H13BrN6O. The van der Waals surface area contributed by atoms with E-state index in [0.717, 1.165) is 17.0 Å². The Morgan fingerprint density at radius 1 is 1.17 bits per heavy atom. The summed E-state index contributed by atoms with van der Waals surface area (Å²) in [5.41, 5.74) is 1.82. The highest BCUT2D eigenvalue weighted by molar-refractivity contribution is 9.10. The number of halogens is 1. The highest BCUT2D eigenvalue weighted by Crippen LogP contribution is 2.20. The van der Waals surface area contributed by atoms with Gasteiger partial charge in [-0.25, -0.2) is 14.6 Å². The molecule has 0 aliphatic heterocycles. The molecule has 0 aliphatic rings. The van der Waals surface area contributed by atoms with Gasteiger partial charge in [0.1, 0.15) is 11.4 Å². The normalized spacial score (nSPS) is 11.1. The van der Waals surface area contributed by atoms with Crippen molar-refractivity contribution in [3.63, 3.8) is 0 Å². The molecule has 3 heterocycles. The SMILES string of the molecule is COc1ccc(Cn2nc(Br)nc2-c2cn3cccnc3n2)cc1. The van der Waals surface area contributed by atoms with E-state index in [1.165, 1.54) is 0 Å². The molecule has 3 aromatic heterocycles. The second-order valence-corrected chi connectivity index (χ2v) is 5.87. The Morgan fingerprint density at radius 3 is 2.75 bits per heavy atom. The monoisotopic (exact) mass is 384 g/mol. The predicted molar refractivity (Wildman–Crippen MR) is 91.8 cm³/mol. The van der Waals surface area contributed by atoms with Crippen molar-refractivity contribution in [3.05, 3.63) is 59.2 Å². The van der Waals surface area contributed by atoms with Gasteiger partial charge in [-0.05, 0) is 39.7 Å². The number of imidazole rings is 1. The van der Waals surface area contributed by atoms with Crippen LogP contribution in [0, 0.1) is 0 Å². The fourth-order valence-electron chi connectivity index (χ4n) is 2.46. The van der Waals surface area contributed by atoms with Crippen LogP contribution in [-0.2, 0) is 6.54 Å². The summed E-state index contributed by atoms with van der Waals surface area (Å²) in [5, 5.41) is 4.42. The van der Waals surface area contributed by atoms with Crippen LogP contribution in [-0.4, -0.2) is 36.2 Å². The summed E-state index contributed by atoms with van der Waals surface area (Å²) in [7, 11) is 1.65. The van der Waals surface area contributed by atoms with Crippen LogP contribution in [0.15, 0.2) is 53.7 Å². The van der Waals surface area contributed by atoms with E-state index in [1.807, 2.05) is 51.8 Å². The number of ether oxygens (including phenoxy) is 1. The Hall–Kier alpha value is -2.74. The minimum Gasteiger partial charge on any atom is -0.497 e. The second-order valence-electron chi connectivity index (χ2n) is 5.16. The maximum Gasteiger partial charge on any atom is 0.234 e. The third-order valence-corrected chi connectivity index (χ3v) is 3.94. The molecule has 0 saturated carbocycles. The van der Waals surface area contributed by atoms with Gasteiger partial charge < -0.3 is 4.74 Å². The number of fused-ring (bicyclic) bond motifs is 1. The molecule has 0 bridgehead atoms. The van der Waals surface area contributed by atoms with Crippen LogP contribution < -0.4 is 4.74 Å². The van der Waals surface area contributed by atoms with Crippen LogP contribution >= 0.6 is 15.9 Å². The van der Waals surface area contributed by atoms with E-state index < -0.39 is 0 Å². The quantitative estimate of drug-likeness (QED) is 0.540. The lowest BCUT2D eigenvalue weighted by Crippen LogP contribution is -2.04. The van der Waals surface area contributed by atoms with Crippen LogP contribution in [0.25, 0.3) is 17.3 Å². The number of methoxy groups -OCH3 is 1. The Kier molecular flexibility index (Phi) is 3.73. The van der Waals surface area contributed by atoms with Gasteiger partial charge in [-0.3, -0.25) is 4.40 Å². The van der Waals surface area contributed by atoms with Gasteiger partial charge in [0.05, 0.1) is 13.7 Å². The molecule has 120 valence electrons. The van der Waals surface area contributed by atoms with E-state index in [-0.39, 0.29) is 0 Å². The first kappa shape index (κ1) is 14.8. The number of hydrogen-bond acceptors (Lipinski definition) is 5. The fourth-order valence-corrected chi connectivity index (χ4v) is 2.82. The van der Waals surface area contributed by atoms with E-state index in [1.54, 1.807) is 13.3 Å². The zero-order valence-electron chi connectivity index (χ0n) is 12.8. The molecular weight excluding hydrogens is 372 g/mol. The molecule has 0 aliphatic carbocycles. The van der Waals surface area contributed by atoms with Gasteiger partial charge in [0.25, 0.3) is 0 Å². The number of benzene rings is 1. The lowest BCUT2D eigenvalue weighted by molar-refractivity contribution is 0.414. The summed E-state index contributed by atoms with van der Waals surface area (Å²) in [6.07, 6.45) is 5.51. The van der Waals surface area contributed by atoms with Crippen LogP contribution in [0.1, 0.15) is 5.56 Å². The summed E-state index contributed by atoms with van der Waals surface area (Å²) >= 11 is 3.35. The number of hydrogen-bond donors (Lipinski definition) is 0. The topological polar surface area (TPSA) is 70.1 Å². The second kappa shape index (κ2) is 6.04. The summed E-state index contributed by atoms with van der Waals surface area (Å²) < 4.78 is 9.38. The van der Waals surface area contributed by atoms with Crippen molar-refractivity contribution in [1.82, 2.24) is 29.1 Å². The van der Waals surface area contributed by atoms with Crippen molar-refractivity contribution in [1.29, 1.82) is 0 Å². The van der Waals surface area contributed by atoms with Gasteiger partial charge in [-0.15, -0.1) is 5.10 Å². The van der Waals surface area contributed by atoms with E-state index in [9.17, 15) is 0 Å². The van der Waals surface area contributed by atoms with Crippen molar-refractivity contribution >= 4 is 21.7 Å². The molecule has 0 saturated heterocycles. The Morgan fingerprint density at radius 2 is 2.00 bits per heavy atom. The third kappa shape index (κ3) is 2.76. The van der Waals surface area contributed by atoms with E-state index in [0.29, 0.717) is 22.9 Å². The zero-order chi connectivity index (χ0) is 16.5. The van der Waals surface area contributed by atoms with E-state index in [4.69, 9.17) is 4.74 Å². The molecule has 0 radical (unpaired) electrons. The Balaban J connectivity index is 1.71. The Bertz CT molecular complexity index is 958. The lowest BCUT2D eigenvalue weighted by atomic mass is 10.2. The van der Waals surface area contributed by atoms with Crippen molar-refractivity contribution in [2.24, 2.45) is 0 Å². The van der Waals surface area contributed by atoms with Crippen LogP contribution in [0.2, 0.25) is 0 Å². The summed E-state index contributed by atoms with van der Waals surface area (Å²) in [4.78, 5) is 13.2. The maximum atomic E-state index is 5.19. The molecule has 1 aromatic carbocycles. The summed E-state index contributed by atoms with van der Waals surface area (Å²) in [5.74, 6) is 2.14. The van der Waals surface area contributed by atoms with Gasteiger partial charge in [-0.1, -0.05) is 12.1 Å². The number of rotatable bonds is 4. The largest absolute Gasteiger partial charge is 0.497 e. The molecule has 0 spiro atoms. The molecule has 4 rings (SSSR count). The zero-order valence-corrected chi connectivity index (χ0v) is 14.4. The van der Waals surface area contributed by atoms with Gasteiger partial charge in [0.15, 0.2) is 5.82 Å². The molecule has 0 unspecified atom stereocenters. The van der Waals surface area contributed by atoms with E-state index in [2.05, 4.69) is 36.0 Å². The molecule has 0 atom stereocenters. The average molecular weight is 385 g/mol. The first-order valence-corrected chi connectivity index (χ1v) is 8.05. The van der Waals surface area contributed by atoms with Gasteiger partial charge in [0.2, 0.25) is 10.5 Å². The van der Waals surface area contributed by atoms with Gasteiger partial charge >= 0.3 is 0 Å². The van der Waals surface area contributed by atoms with Crippen LogP contribution in [0.3, 0.4) is 0 Å². The minimum atomic E-state index is 0.524. The number of aromatic nitrogens is 6. The molecule has 4 aromatic rings. The standard InChI is InChI=1S/C16H13BrN6O/c1-24-12-5-3-11(4-6-12)9-23-14(20-15(17)21-23)13-10-22-8-2-7-18-16(22)19-13/h2-8,10H,9H2,1H3. The van der Waals surface area contributed by atoms with Crippen molar-refractivity contribution in [3.8, 4) is 17.3 Å². The van der Waals surface area contributed by atoms with Crippen molar-refractivity contribution in [2.75, 3.05) is 7.11 Å².